The maximum Gasteiger partial charge on any atom is 0.262 e. The Kier molecular flexibility index (Phi) is 6.96. The second kappa shape index (κ2) is 9.82. The number of ether oxygens (including phenoxy) is 2. The monoisotopic (exact) mass is 549 g/mol. The van der Waals surface area contributed by atoms with Gasteiger partial charge in [0.25, 0.3) is 5.91 Å². The number of carbonyl (C=O) groups is 2. The van der Waals surface area contributed by atoms with E-state index in [1.165, 1.54) is 0 Å². The molecule has 0 saturated heterocycles. The molecule has 4 rings (SSSR count). The summed E-state index contributed by atoms with van der Waals surface area (Å²) in [6.07, 6.45) is 0.847. The molecule has 2 aliphatic rings. The van der Waals surface area contributed by atoms with Crippen molar-refractivity contribution in [3.8, 4) is 11.8 Å². The van der Waals surface area contributed by atoms with E-state index in [1.807, 2.05) is 45.9 Å². The molecular weight excluding hydrogens is 522 g/mol. The van der Waals surface area contributed by atoms with Crippen LogP contribution < -0.4 is 15.8 Å². The fourth-order valence-electron chi connectivity index (χ4n) is 4.86. The van der Waals surface area contributed by atoms with Crippen molar-refractivity contribution >= 4 is 33.3 Å². The molecular formula is C28H28BrN3O4. The number of ketones is 1. The fourth-order valence-corrected chi connectivity index (χ4v) is 5.24. The van der Waals surface area contributed by atoms with E-state index in [-0.39, 0.29) is 35.2 Å². The lowest BCUT2D eigenvalue weighted by molar-refractivity contribution is -0.119. The summed E-state index contributed by atoms with van der Waals surface area (Å²) in [5.41, 5.74) is 9.76. The third kappa shape index (κ3) is 5.31. The van der Waals surface area contributed by atoms with Crippen LogP contribution in [0.15, 0.2) is 63.7 Å². The van der Waals surface area contributed by atoms with Gasteiger partial charge in [-0.15, -0.1) is 0 Å². The molecule has 1 heterocycles. The predicted molar refractivity (Wildman–Crippen MR) is 140 cm³/mol. The highest BCUT2D eigenvalue weighted by atomic mass is 79.9. The number of amides is 1. The molecule has 2 aromatic rings. The molecule has 186 valence electrons. The van der Waals surface area contributed by atoms with Crippen LogP contribution >= 0.6 is 15.9 Å². The summed E-state index contributed by atoms with van der Waals surface area (Å²) in [5.74, 6) is -0.332. The van der Waals surface area contributed by atoms with Gasteiger partial charge in [0, 0.05) is 34.1 Å². The molecule has 36 heavy (non-hydrogen) atoms. The predicted octanol–water partition coefficient (Wildman–Crippen LogP) is 5.53. The van der Waals surface area contributed by atoms with Gasteiger partial charge in [0.2, 0.25) is 5.88 Å². The van der Waals surface area contributed by atoms with Crippen LogP contribution in [0.1, 0.15) is 49.3 Å². The third-order valence-corrected chi connectivity index (χ3v) is 6.72. The summed E-state index contributed by atoms with van der Waals surface area (Å²) in [7, 11) is 0. The van der Waals surface area contributed by atoms with Crippen molar-refractivity contribution in [1.29, 1.82) is 5.26 Å². The molecule has 1 unspecified atom stereocenters. The second-order valence-electron chi connectivity index (χ2n) is 10.1. The van der Waals surface area contributed by atoms with Gasteiger partial charge in [-0.2, -0.15) is 5.26 Å². The van der Waals surface area contributed by atoms with Crippen molar-refractivity contribution in [3.63, 3.8) is 0 Å². The number of nitrogens with one attached hydrogen (secondary N) is 1. The van der Waals surface area contributed by atoms with Gasteiger partial charge in [-0.05, 0) is 60.7 Å². The minimum absolute atomic E-state index is 0.0229. The van der Waals surface area contributed by atoms with Crippen LogP contribution in [-0.4, -0.2) is 18.3 Å². The summed E-state index contributed by atoms with van der Waals surface area (Å²) in [4.78, 5) is 26.0. The van der Waals surface area contributed by atoms with E-state index in [9.17, 15) is 14.9 Å². The van der Waals surface area contributed by atoms with Gasteiger partial charge in [0.15, 0.2) is 12.4 Å². The minimum atomic E-state index is -0.752. The lowest BCUT2D eigenvalue weighted by atomic mass is 9.70. The van der Waals surface area contributed by atoms with Crippen molar-refractivity contribution in [2.24, 2.45) is 11.1 Å². The minimum Gasteiger partial charge on any atom is -0.483 e. The second-order valence-corrected chi connectivity index (χ2v) is 11.0. The zero-order valence-corrected chi connectivity index (χ0v) is 22.3. The Bertz CT molecular complexity index is 1350. The quantitative estimate of drug-likeness (QED) is 0.506. The van der Waals surface area contributed by atoms with Gasteiger partial charge in [-0.3, -0.25) is 9.59 Å². The highest BCUT2D eigenvalue weighted by molar-refractivity contribution is 9.10. The van der Waals surface area contributed by atoms with Crippen LogP contribution in [-0.2, 0) is 14.3 Å². The molecule has 0 saturated carbocycles. The molecule has 1 aliphatic carbocycles. The molecule has 0 spiro atoms. The number of benzene rings is 2. The zero-order chi connectivity index (χ0) is 26.2. The van der Waals surface area contributed by atoms with Crippen LogP contribution in [0.25, 0.3) is 0 Å². The average molecular weight is 550 g/mol. The number of hydrogen-bond donors (Lipinski definition) is 2. The van der Waals surface area contributed by atoms with E-state index in [0.29, 0.717) is 41.2 Å². The van der Waals surface area contributed by atoms with Crippen LogP contribution in [0.2, 0.25) is 0 Å². The number of halogens is 1. The number of Topliss-reactive ketones (excluding diaryl/α,β-unsaturated/α-hetero) is 1. The molecule has 2 aromatic carbocycles. The van der Waals surface area contributed by atoms with Crippen LogP contribution in [0.3, 0.4) is 0 Å². The third-order valence-electron chi connectivity index (χ3n) is 6.22. The van der Waals surface area contributed by atoms with Crippen LogP contribution in [0.4, 0.5) is 5.69 Å². The number of nitrogens with zero attached hydrogens (tertiary/aromatic N) is 1. The largest absolute Gasteiger partial charge is 0.483 e. The highest BCUT2D eigenvalue weighted by Gasteiger charge is 2.43. The summed E-state index contributed by atoms with van der Waals surface area (Å²) in [5, 5.41) is 12.8. The fraction of sp³-hybridized carbons (Fsp3) is 0.321. The Morgan fingerprint density at radius 1 is 1.22 bits per heavy atom. The van der Waals surface area contributed by atoms with E-state index in [1.54, 1.807) is 18.2 Å². The molecule has 0 radical (unpaired) electrons. The Morgan fingerprint density at radius 3 is 2.58 bits per heavy atom. The van der Waals surface area contributed by atoms with E-state index in [2.05, 4.69) is 27.3 Å². The van der Waals surface area contributed by atoms with Crippen molar-refractivity contribution in [1.82, 2.24) is 0 Å². The SMILES string of the molecule is Cc1cc(C)cc(NC(=O)COc2ccc(Br)cc2C2C(C#N)=C(N)OC3=C2C(=O)CC(C)(C)C3)c1. The number of aryl methyl sites for hydroxylation is 2. The number of carbonyl (C=O) groups excluding carboxylic acids is 2. The first-order chi connectivity index (χ1) is 17.0. The summed E-state index contributed by atoms with van der Waals surface area (Å²) >= 11 is 3.48. The number of allylic oxidation sites excluding steroid dienone is 3. The lowest BCUT2D eigenvalue weighted by Gasteiger charge is -2.37. The van der Waals surface area contributed by atoms with Crippen molar-refractivity contribution in [2.75, 3.05) is 11.9 Å². The molecule has 0 aromatic heterocycles. The molecule has 1 amide bonds. The molecule has 0 fully saturated rings. The first-order valence-corrected chi connectivity index (χ1v) is 12.4. The van der Waals surface area contributed by atoms with E-state index >= 15 is 0 Å². The zero-order valence-electron chi connectivity index (χ0n) is 20.7. The van der Waals surface area contributed by atoms with Crippen molar-refractivity contribution < 1.29 is 19.1 Å². The molecule has 7 nitrogen and oxygen atoms in total. The highest BCUT2D eigenvalue weighted by Crippen LogP contribution is 2.49. The van der Waals surface area contributed by atoms with Gasteiger partial charge in [0.05, 0.1) is 5.92 Å². The number of anilines is 1. The summed E-state index contributed by atoms with van der Waals surface area (Å²) < 4.78 is 12.5. The first-order valence-electron chi connectivity index (χ1n) is 11.6. The smallest absolute Gasteiger partial charge is 0.262 e. The summed E-state index contributed by atoms with van der Waals surface area (Å²) in [6, 6.07) is 13.2. The Hall–Kier alpha value is -3.57. The van der Waals surface area contributed by atoms with E-state index in [4.69, 9.17) is 15.2 Å². The number of hydrogen-bond acceptors (Lipinski definition) is 6. The number of nitrogens with two attached hydrogens (primary N) is 1. The Labute approximate surface area is 219 Å². The molecule has 3 N–H and O–H groups in total. The number of rotatable bonds is 5. The normalized spacial score (nSPS) is 18.8. The van der Waals surface area contributed by atoms with Gasteiger partial charge < -0.3 is 20.5 Å². The average Bonchev–Trinajstić information content (AvgIpc) is 2.75. The lowest BCUT2D eigenvalue weighted by Crippen LogP contribution is -2.33. The maximum atomic E-state index is 13.3. The Morgan fingerprint density at radius 2 is 1.92 bits per heavy atom. The standard InChI is InChI=1S/C28H28BrN3O4/c1-15-7-16(2)9-18(8-15)32-24(34)14-35-22-6-5-17(29)10-19(22)25-20(13-30)27(31)36-23-12-28(3,4)11-21(33)26(23)25/h5-10,25H,11-12,14,31H2,1-4H3,(H,32,34). The van der Waals surface area contributed by atoms with Crippen molar-refractivity contribution in [2.45, 2.75) is 46.5 Å². The van der Waals surface area contributed by atoms with E-state index < -0.39 is 5.92 Å². The van der Waals surface area contributed by atoms with Gasteiger partial charge in [-0.1, -0.05) is 35.8 Å². The molecule has 1 aliphatic heterocycles. The van der Waals surface area contributed by atoms with Gasteiger partial charge in [0.1, 0.15) is 23.2 Å². The van der Waals surface area contributed by atoms with Crippen LogP contribution in [0, 0.1) is 30.6 Å². The van der Waals surface area contributed by atoms with Crippen molar-refractivity contribution in [3.05, 3.63) is 80.3 Å². The topological polar surface area (TPSA) is 114 Å². The first kappa shape index (κ1) is 25.5. The molecule has 0 bridgehead atoms. The van der Waals surface area contributed by atoms with E-state index in [0.717, 1.165) is 15.6 Å². The maximum absolute atomic E-state index is 13.3. The van der Waals surface area contributed by atoms with Crippen LogP contribution in [0.5, 0.6) is 5.75 Å². The van der Waals surface area contributed by atoms with Gasteiger partial charge >= 0.3 is 0 Å². The molecule has 1 atom stereocenters. The van der Waals surface area contributed by atoms with Gasteiger partial charge in [-0.25, -0.2) is 0 Å². The Balaban J connectivity index is 1.67. The number of nitriles is 1. The summed E-state index contributed by atoms with van der Waals surface area (Å²) in [6.45, 7) is 7.66. The molecule has 8 heteroatoms.